The highest BCUT2D eigenvalue weighted by atomic mass is 35.5. The van der Waals surface area contributed by atoms with Crippen molar-refractivity contribution in [2.75, 3.05) is 5.75 Å². The Hall–Kier alpha value is -1.04. The number of hydrogen-bond acceptors (Lipinski definition) is 5. The maximum atomic E-state index is 12.2. The van der Waals surface area contributed by atoms with Crippen LogP contribution >= 0.6 is 34.7 Å². The molecule has 6 heteroatoms. The molecule has 0 radical (unpaired) electrons. The zero-order chi connectivity index (χ0) is 17.7. The predicted molar refractivity (Wildman–Crippen MR) is 105 cm³/mol. The van der Waals surface area contributed by atoms with E-state index in [1.807, 2.05) is 36.0 Å². The quantitative estimate of drug-likeness (QED) is 0.628. The van der Waals surface area contributed by atoms with Gasteiger partial charge in [0.25, 0.3) is 0 Å². The third-order valence-electron chi connectivity index (χ3n) is 5.03. The average Bonchev–Trinajstić information content (AvgIpc) is 3.12. The summed E-state index contributed by atoms with van der Waals surface area (Å²) in [6, 6.07) is 7.71. The topological polar surface area (TPSA) is 39.2 Å². The van der Waals surface area contributed by atoms with Crippen LogP contribution in [0.3, 0.4) is 0 Å². The summed E-state index contributed by atoms with van der Waals surface area (Å²) in [5, 5.41) is 3.80. The summed E-state index contributed by atoms with van der Waals surface area (Å²) in [7, 11) is 0. The first-order valence-electron chi connectivity index (χ1n) is 8.44. The molecule has 3 heterocycles. The highest BCUT2D eigenvalue weighted by Crippen LogP contribution is 2.54. The van der Waals surface area contributed by atoms with Gasteiger partial charge in [-0.1, -0.05) is 37.6 Å². The number of halogens is 1. The molecule has 0 saturated carbocycles. The Morgan fingerprint density at radius 1 is 1.28 bits per heavy atom. The molecule has 2 aliphatic rings. The summed E-state index contributed by atoms with van der Waals surface area (Å²) >= 11 is 9.57. The van der Waals surface area contributed by atoms with Gasteiger partial charge in [-0.25, -0.2) is 4.98 Å². The Kier molecular flexibility index (Phi) is 4.37. The molecule has 25 heavy (non-hydrogen) atoms. The number of hydrogen-bond donors (Lipinski definition) is 0. The van der Waals surface area contributed by atoms with E-state index in [1.165, 1.54) is 0 Å². The SMILES string of the molecule is CC1(C)C[C@]2(CCS1)OC(=O)C[C@H]2c1nc(-c2ccc(Cl)cc2)cs1. The van der Waals surface area contributed by atoms with Crippen LogP contribution in [0, 0.1) is 0 Å². The van der Waals surface area contributed by atoms with E-state index in [0.29, 0.717) is 6.42 Å². The molecule has 2 saturated heterocycles. The lowest BCUT2D eigenvalue weighted by molar-refractivity contribution is -0.150. The molecule has 3 nitrogen and oxygen atoms in total. The molecule has 1 aromatic carbocycles. The highest BCUT2D eigenvalue weighted by molar-refractivity contribution is 8.00. The molecule has 0 aliphatic carbocycles. The lowest BCUT2D eigenvalue weighted by atomic mass is 9.78. The largest absolute Gasteiger partial charge is 0.458 e. The van der Waals surface area contributed by atoms with E-state index in [1.54, 1.807) is 11.3 Å². The monoisotopic (exact) mass is 393 g/mol. The number of rotatable bonds is 2. The molecular weight excluding hydrogens is 374 g/mol. The van der Waals surface area contributed by atoms with Crippen molar-refractivity contribution in [2.45, 2.75) is 49.4 Å². The van der Waals surface area contributed by atoms with Crippen LogP contribution in [0.25, 0.3) is 11.3 Å². The van der Waals surface area contributed by atoms with E-state index in [4.69, 9.17) is 21.3 Å². The van der Waals surface area contributed by atoms with Gasteiger partial charge in [0.1, 0.15) is 10.6 Å². The number of nitrogens with zero attached hydrogens (tertiary/aromatic N) is 1. The zero-order valence-electron chi connectivity index (χ0n) is 14.3. The van der Waals surface area contributed by atoms with Crippen molar-refractivity contribution >= 4 is 40.7 Å². The Balaban J connectivity index is 1.66. The molecule has 4 rings (SSSR count). The Morgan fingerprint density at radius 3 is 2.76 bits per heavy atom. The first kappa shape index (κ1) is 17.4. The number of esters is 1. The van der Waals surface area contributed by atoms with Gasteiger partial charge in [-0.05, 0) is 24.3 Å². The van der Waals surface area contributed by atoms with Crippen molar-refractivity contribution in [1.82, 2.24) is 4.98 Å². The molecule has 0 unspecified atom stereocenters. The lowest BCUT2D eigenvalue weighted by Gasteiger charge is -2.43. The van der Waals surface area contributed by atoms with Crippen molar-refractivity contribution in [3.8, 4) is 11.3 Å². The Morgan fingerprint density at radius 2 is 2.04 bits per heavy atom. The lowest BCUT2D eigenvalue weighted by Crippen LogP contribution is -2.44. The first-order valence-corrected chi connectivity index (χ1v) is 10.7. The predicted octanol–water partition coefficient (Wildman–Crippen LogP) is 5.54. The highest BCUT2D eigenvalue weighted by Gasteiger charge is 2.55. The number of thiazole rings is 1. The molecule has 0 bridgehead atoms. The van der Waals surface area contributed by atoms with Gasteiger partial charge in [0.05, 0.1) is 18.0 Å². The van der Waals surface area contributed by atoms with E-state index in [2.05, 4.69) is 19.2 Å². The van der Waals surface area contributed by atoms with Crippen LogP contribution in [0.4, 0.5) is 0 Å². The van der Waals surface area contributed by atoms with Crippen LogP contribution in [0.15, 0.2) is 29.6 Å². The van der Waals surface area contributed by atoms with Crippen molar-refractivity contribution in [3.63, 3.8) is 0 Å². The molecule has 2 aromatic rings. The minimum Gasteiger partial charge on any atom is -0.458 e. The molecule has 2 fully saturated rings. The molecular formula is C19H20ClNO2S2. The maximum absolute atomic E-state index is 12.2. The van der Waals surface area contributed by atoms with Gasteiger partial charge < -0.3 is 4.74 Å². The molecule has 1 aromatic heterocycles. The summed E-state index contributed by atoms with van der Waals surface area (Å²) in [5.41, 5.74) is 1.60. The second kappa shape index (κ2) is 6.29. The zero-order valence-corrected chi connectivity index (χ0v) is 16.6. The number of benzene rings is 1. The van der Waals surface area contributed by atoms with Crippen molar-refractivity contribution < 1.29 is 9.53 Å². The van der Waals surface area contributed by atoms with Gasteiger partial charge in [0.2, 0.25) is 0 Å². The first-order chi connectivity index (χ1) is 11.9. The van der Waals surface area contributed by atoms with Gasteiger partial charge in [-0.15, -0.1) is 11.3 Å². The standard InChI is InChI=1S/C19H20ClNO2S2/c1-18(2)11-19(7-8-25-18)14(9-16(22)23-19)17-21-15(10-24-17)12-3-5-13(20)6-4-12/h3-6,10,14H,7-9,11H2,1-2H3/t14-,19-/m0/s1. The second-order valence-corrected chi connectivity index (χ2v) is 10.5. The van der Waals surface area contributed by atoms with Crippen molar-refractivity contribution in [3.05, 3.63) is 39.7 Å². The minimum absolute atomic E-state index is 0.0613. The van der Waals surface area contributed by atoms with Crippen LogP contribution in [0.2, 0.25) is 5.02 Å². The molecule has 2 atom stereocenters. The fourth-order valence-corrected chi connectivity index (χ4v) is 6.46. The van der Waals surface area contributed by atoms with E-state index in [0.717, 1.165) is 39.9 Å². The summed E-state index contributed by atoms with van der Waals surface area (Å²) in [6.45, 7) is 4.48. The van der Waals surface area contributed by atoms with Gasteiger partial charge in [-0.3, -0.25) is 4.79 Å². The number of ether oxygens (including phenoxy) is 1. The average molecular weight is 394 g/mol. The summed E-state index contributed by atoms with van der Waals surface area (Å²) in [6.07, 6.45) is 2.23. The normalized spacial score (nSPS) is 28.3. The maximum Gasteiger partial charge on any atom is 0.307 e. The van der Waals surface area contributed by atoms with Crippen LogP contribution < -0.4 is 0 Å². The summed E-state index contributed by atoms with van der Waals surface area (Å²) in [5.74, 6) is 0.994. The molecule has 132 valence electrons. The fraction of sp³-hybridized carbons (Fsp3) is 0.474. The number of carbonyl (C=O) groups is 1. The number of carbonyl (C=O) groups excluding carboxylic acids is 1. The molecule has 0 amide bonds. The minimum atomic E-state index is -0.388. The van der Waals surface area contributed by atoms with Crippen LogP contribution in [0.5, 0.6) is 0 Å². The summed E-state index contributed by atoms with van der Waals surface area (Å²) in [4.78, 5) is 17.0. The van der Waals surface area contributed by atoms with E-state index in [9.17, 15) is 4.79 Å². The molecule has 2 aliphatic heterocycles. The number of aromatic nitrogens is 1. The summed E-state index contributed by atoms with van der Waals surface area (Å²) < 4.78 is 6.04. The molecule has 0 N–H and O–H groups in total. The van der Waals surface area contributed by atoms with E-state index >= 15 is 0 Å². The van der Waals surface area contributed by atoms with Crippen molar-refractivity contribution in [1.29, 1.82) is 0 Å². The van der Waals surface area contributed by atoms with Crippen LogP contribution in [-0.4, -0.2) is 27.1 Å². The second-order valence-electron chi connectivity index (χ2n) is 7.41. The van der Waals surface area contributed by atoms with Gasteiger partial charge in [-0.2, -0.15) is 11.8 Å². The Bertz CT molecular complexity index is 802. The van der Waals surface area contributed by atoms with E-state index in [-0.39, 0.29) is 22.2 Å². The fourth-order valence-electron chi connectivity index (χ4n) is 3.95. The van der Waals surface area contributed by atoms with E-state index < -0.39 is 0 Å². The van der Waals surface area contributed by atoms with Crippen molar-refractivity contribution in [2.24, 2.45) is 0 Å². The van der Waals surface area contributed by atoms with Crippen LogP contribution in [0.1, 0.15) is 44.0 Å². The van der Waals surface area contributed by atoms with Gasteiger partial charge >= 0.3 is 5.97 Å². The smallest absolute Gasteiger partial charge is 0.307 e. The van der Waals surface area contributed by atoms with Gasteiger partial charge in [0, 0.05) is 27.1 Å². The molecule has 1 spiro atoms. The Labute approximate surface area is 161 Å². The third-order valence-corrected chi connectivity index (χ3v) is 7.57. The van der Waals surface area contributed by atoms with Crippen LogP contribution in [-0.2, 0) is 9.53 Å². The van der Waals surface area contributed by atoms with Gasteiger partial charge in [0.15, 0.2) is 0 Å². The third kappa shape index (κ3) is 3.34. The number of thioether (sulfide) groups is 1.